The second-order valence-corrected chi connectivity index (χ2v) is 8.70. The van der Waals surface area contributed by atoms with Crippen molar-refractivity contribution in [3.05, 3.63) is 76.8 Å². The fraction of sp³-hybridized carbons (Fsp3) is 0.190. The van der Waals surface area contributed by atoms with Gasteiger partial charge in [0.1, 0.15) is 6.54 Å². The number of nitro groups is 1. The van der Waals surface area contributed by atoms with Crippen molar-refractivity contribution in [3.8, 4) is 0 Å². The highest BCUT2D eigenvalue weighted by atomic mass is 32.2. The minimum Gasteiger partial charge on any atom is -0.462 e. The van der Waals surface area contributed by atoms with Gasteiger partial charge in [-0.15, -0.1) is 0 Å². The smallest absolute Gasteiger partial charge is 0.327 e. The number of fused-ring (bicyclic) bond motifs is 1. The SMILES string of the molecule is CC(C)OC(=O)CN(c1ccc2ccccc2c1)S(=O)(=O)c1cccc([N+](=O)[O-])c1. The monoisotopic (exact) mass is 428 g/mol. The molecule has 0 amide bonds. The largest absolute Gasteiger partial charge is 0.462 e. The number of carbonyl (C=O) groups is 1. The van der Waals surface area contributed by atoms with Crippen molar-refractivity contribution in [2.24, 2.45) is 0 Å². The predicted octanol–water partition coefficient (Wildman–Crippen LogP) is 3.89. The lowest BCUT2D eigenvalue weighted by Gasteiger charge is -2.24. The average Bonchev–Trinajstić information content (AvgIpc) is 2.71. The van der Waals surface area contributed by atoms with Crippen LogP contribution >= 0.6 is 0 Å². The van der Waals surface area contributed by atoms with E-state index in [4.69, 9.17) is 4.74 Å². The lowest BCUT2D eigenvalue weighted by molar-refractivity contribution is -0.385. The molecule has 0 aliphatic heterocycles. The fourth-order valence-electron chi connectivity index (χ4n) is 2.95. The zero-order chi connectivity index (χ0) is 21.9. The molecular weight excluding hydrogens is 408 g/mol. The number of carbonyl (C=O) groups excluding carboxylic acids is 1. The molecule has 156 valence electrons. The summed E-state index contributed by atoms with van der Waals surface area (Å²) in [4.78, 5) is 22.4. The first-order valence-corrected chi connectivity index (χ1v) is 10.6. The lowest BCUT2D eigenvalue weighted by Crippen LogP contribution is -2.37. The molecule has 0 heterocycles. The van der Waals surface area contributed by atoms with Gasteiger partial charge in [0.05, 0.1) is 21.6 Å². The van der Waals surface area contributed by atoms with E-state index in [1.165, 1.54) is 18.2 Å². The van der Waals surface area contributed by atoms with Gasteiger partial charge in [-0.2, -0.15) is 0 Å². The number of rotatable bonds is 7. The molecule has 0 saturated carbocycles. The van der Waals surface area contributed by atoms with E-state index < -0.39 is 33.6 Å². The molecular formula is C21H20N2O6S. The first kappa shape index (κ1) is 21.3. The maximum atomic E-state index is 13.4. The normalized spacial score (nSPS) is 11.4. The molecule has 0 N–H and O–H groups in total. The number of esters is 1. The predicted molar refractivity (Wildman–Crippen MR) is 113 cm³/mol. The van der Waals surface area contributed by atoms with Crippen LogP contribution in [0, 0.1) is 10.1 Å². The molecule has 0 spiro atoms. The number of benzene rings is 3. The van der Waals surface area contributed by atoms with Gasteiger partial charge >= 0.3 is 5.97 Å². The van der Waals surface area contributed by atoms with Crippen LogP contribution < -0.4 is 4.31 Å². The molecule has 0 fully saturated rings. The van der Waals surface area contributed by atoms with E-state index in [0.29, 0.717) is 0 Å². The minimum atomic E-state index is -4.28. The Labute approximate surface area is 173 Å². The van der Waals surface area contributed by atoms with E-state index >= 15 is 0 Å². The molecule has 9 heteroatoms. The van der Waals surface area contributed by atoms with E-state index in [0.717, 1.165) is 21.1 Å². The quantitative estimate of drug-likeness (QED) is 0.321. The van der Waals surface area contributed by atoms with Crippen molar-refractivity contribution in [1.82, 2.24) is 0 Å². The fourth-order valence-corrected chi connectivity index (χ4v) is 4.39. The van der Waals surface area contributed by atoms with Crippen LogP contribution in [0.1, 0.15) is 13.8 Å². The van der Waals surface area contributed by atoms with Gasteiger partial charge in [0.25, 0.3) is 15.7 Å². The van der Waals surface area contributed by atoms with E-state index in [-0.39, 0.29) is 16.3 Å². The standard InChI is InChI=1S/C21H20N2O6S/c1-15(2)29-21(24)14-22(18-11-10-16-6-3-4-7-17(16)12-18)30(27,28)20-9-5-8-19(13-20)23(25)26/h3-13,15H,14H2,1-2H3. The van der Waals surface area contributed by atoms with Crippen LogP contribution in [0.2, 0.25) is 0 Å². The Morgan fingerprint density at radius 3 is 2.40 bits per heavy atom. The molecule has 0 aliphatic carbocycles. The number of hydrogen-bond donors (Lipinski definition) is 0. The number of nitrogens with zero attached hydrogens (tertiary/aromatic N) is 2. The Morgan fingerprint density at radius 2 is 1.73 bits per heavy atom. The number of nitro benzene ring substituents is 1. The summed E-state index contributed by atoms with van der Waals surface area (Å²) < 4.78 is 32.8. The van der Waals surface area contributed by atoms with Crippen LogP contribution in [0.4, 0.5) is 11.4 Å². The summed E-state index contributed by atoms with van der Waals surface area (Å²) in [5, 5.41) is 12.8. The number of ether oxygens (including phenoxy) is 1. The van der Waals surface area contributed by atoms with Crippen molar-refractivity contribution in [1.29, 1.82) is 0 Å². The molecule has 0 unspecified atom stereocenters. The van der Waals surface area contributed by atoms with Gasteiger partial charge in [-0.3, -0.25) is 19.2 Å². The lowest BCUT2D eigenvalue weighted by atomic mass is 10.1. The van der Waals surface area contributed by atoms with E-state index in [9.17, 15) is 23.3 Å². The molecule has 8 nitrogen and oxygen atoms in total. The van der Waals surface area contributed by atoms with Crippen molar-refractivity contribution in [2.75, 3.05) is 10.8 Å². The van der Waals surface area contributed by atoms with Crippen molar-refractivity contribution >= 4 is 38.1 Å². The topological polar surface area (TPSA) is 107 Å². The molecule has 30 heavy (non-hydrogen) atoms. The van der Waals surface area contributed by atoms with E-state index in [2.05, 4.69) is 0 Å². The van der Waals surface area contributed by atoms with Crippen LogP contribution in [0.15, 0.2) is 71.6 Å². The number of hydrogen-bond acceptors (Lipinski definition) is 6. The zero-order valence-electron chi connectivity index (χ0n) is 16.4. The average molecular weight is 428 g/mol. The third-order valence-corrected chi connectivity index (χ3v) is 6.05. The summed E-state index contributed by atoms with van der Waals surface area (Å²) in [6.45, 7) is 2.75. The first-order chi connectivity index (χ1) is 14.2. The van der Waals surface area contributed by atoms with Gasteiger partial charge < -0.3 is 4.74 Å². The maximum absolute atomic E-state index is 13.4. The van der Waals surface area contributed by atoms with Gasteiger partial charge in [-0.25, -0.2) is 8.42 Å². The molecule has 0 aliphatic rings. The molecule has 3 rings (SSSR count). The number of sulfonamides is 1. The molecule has 3 aromatic carbocycles. The second-order valence-electron chi connectivity index (χ2n) is 6.84. The molecule has 0 aromatic heterocycles. The van der Waals surface area contributed by atoms with Crippen molar-refractivity contribution in [3.63, 3.8) is 0 Å². The van der Waals surface area contributed by atoms with Crippen molar-refractivity contribution in [2.45, 2.75) is 24.8 Å². The van der Waals surface area contributed by atoms with E-state index in [1.54, 1.807) is 32.0 Å². The minimum absolute atomic E-state index is 0.251. The third kappa shape index (κ3) is 4.57. The van der Waals surface area contributed by atoms with Crippen LogP contribution in [0.25, 0.3) is 10.8 Å². The zero-order valence-corrected chi connectivity index (χ0v) is 17.2. The highest BCUT2D eigenvalue weighted by Crippen LogP contribution is 2.28. The van der Waals surface area contributed by atoms with Gasteiger partial charge in [0.2, 0.25) is 0 Å². The van der Waals surface area contributed by atoms with Gasteiger partial charge in [-0.05, 0) is 42.8 Å². The Hall–Kier alpha value is -3.46. The molecule has 0 saturated heterocycles. The Kier molecular flexibility index (Phi) is 6.02. The maximum Gasteiger partial charge on any atom is 0.327 e. The molecule has 3 aromatic rings. The number of anilines is 1. The van der Waals surface area contributed by atoms with Crippen LogP contribution in [0.5, 0.6) is 0 Å². The summed E-state index contributed by atoms with van der Waals surface area (Å²) >= 11 is 0. The van der Waals surface area contributed by atoms with Gasteiger partial charge in [0, 0.05) is 12.1 Å². The Morgan fingerprint density at radius 1 is 1.03 bits per heavy atom. The molecule has 0 atom stereocenters. The summed E-state index contributed by atoms with van der Waals surface area (Å²) in [5.41, 5.74) is -0.111. The van der Waals surface area contributed by atoms with E-state index in [1.807, 2.05) is 24.3 Å². The first-order valence-electron chi connectivity index (χ1n) is 9.14. The van der Waals surface area contributed by atoms with Crippen LogP contribution in [0.3, 0.4) is 0 Å². The Balaban J connectivity index is 2.11. The highest BCUT2D eigenvalue weighted by Gasteiger charge is 2.29. The summed E-state index contributed by atoms with van der Waals surface area (Å²) in [7, 11) is -4.28. The molecule has 0 bridgehead atoms. The van der Waals surface area contributed by atoms with Crippen LogP contribution in [-0.2, 0) is 19.6 Å². The Bertz CT molecular complexity index is 1210. The van der Waals surface area contributed by atoms with Gasteiger partial charge in [-0.1, -0.05) is 36.4 Å². The summed E-state index contributed by atoms with van der Waals surface area (Å²) in [5.74, 6) is -0.729. The van der Waals surface area contributed by atoms with Gasteiger partial charge in [0.15, 0.2) is 0 Å². The summed E-state index contributed by atoms with van der Waals surface area (Å²) in [6.07, 6.45) is -0.420. The second kappa shape index (κ2) is 8.50. The van der Waals surface area contributed by atoms with Crippen LogP contribution in [-0.4, -0.2) is 32.0 Å². The van der Waals surface area contributed by atoms with Crippen molar-refractivity contribution < 1.29 is 22.9 Å². The highest BCUT2D eigenvalue weighted by molar-refractivity contribution is 7.92. The number of non-ortho nitro benzene ring substituents is 1. The third-order valence-electron chi connectivity index (χ3n) is 4.28. The molecule has 0 radical (unpaired) electrons. The summed E-state index contributed by atoms with van der Waals surface area (Å²) in [6, 6.07) is 17.1.